The van der Waals surface area contributed by atoms with Crippen LogP contribution in [-0.4, -0.2) is 17.6 Å². The highest BCUT2D eigenvalue weighted by Gasteiger charge is 2.08. The van der Waals surface area contributed by atoms with Crippen LogP contribution in [0.4, 0.5) is 11.4 Å². The first-order chi connectivity index (χ1) is 10.2. The van der Waals surface area contributed by atoms with E-state index in [1.54, 1.807) is 43.5 Å². The highest BCUT2D eigenvalue weighted by atomic mass is 79.9. The summed E-state index contributed by atoms with van der Waals surface area (Å²) in [7, 11) is 1.60. The minimum atomic E-state index is -0.331. The Morgan fingerprint density at radius 3 is 2.33 bits per heavy atom. The quantitative estimate of drug-likeness (QED) is 0.643. The van der Waals surface area contributed by atoms with E-state index in [0.717, 1.165) is 11.4 Å². The minimum Gasteiger partial charge on any atom is -0.497 e. The van der Waals surface area contributed by atoms with Gasteiger partial charge in [0.25, 0.3) is 5.91 Å². The van der Waals surface area contributed by atoms with E-state index in [0.29, 0.717) is 5.69 Å². The van der Waals surface area contributed by atoms with Gasteiger partial charge in [-0.15, -0.1) is 0 Å². The number of benzene rings is 2. The molecule has 0 aliphatic carbocycles. The number of hydrogen-bond donors (Lipinski definition) is 2. The number of carbonyl (C=O) groups excluding carboxylic acids is 1. The van der Waals surface area contributed by atoms with Crippen LogP contribution in [0.5, 0.6) is 5.75 Å². The number of carbonyl (C=O) groups is 1. The third kappa shape index (κ3) is 4.61. The van der Waals surface area contributed by atoms with Crippen LogP contribution in [0.2, 0.25) is 0 Å². The molecule has 1 amide bonds. The molecule has 0 spiro atoms. The van der Waals surface area contributed by atoms with Crippen LogP contribution >= 0.6 is 15.9 Å². The van der Waals surface area contributed by atoms with Gasteiger partial charge in [0.15, 0.2) is 4.62 Å². The molecule has 6 heteroatoms. The minimum absolute atomic E-state index is 0.155. The number of rotatable bonds is 5. The SMILES string of the molecule is COc1ccc(NN=C(Br)C(=O)Nc2ccccc2)cc1. The number of hydrazone groups is 1. The van der Waals surface area contributed by atoms with E-state index in [4.69, 9.17) is 4.74 Å². The van der Waals surface area contributed by atoms with Crippen LogP contribution < -0.4 is 15.5 Å². The lowest BCUT2D eigenvalue weighted by Crippen LogP contribution is -2.19. The number of methoxy groups -OCH3 is 1. The number of ether oxygens (including phenoxy) is 1. The molecule has 0 aliphatic heterocycles. The molecule has 0 aliphatic rings. The zero-order valence-corrected chi connectivity index (χ0v) is 12.9. The molecule has 2 N–H and O–H groups in total. The van der Waals surface area contributed by atoms with E-state index >= 15 is 0 Å². The average Bonchev–Trinajstić information content (AvgIpc) is 2.54. The molecular weight excluding hydrogens is 334 g/mol. The molecule has 2 aromatic carbocycles. The first kappa shape index (κ1) is 15.1. The maximum absolute atomic E-state index is 11.9. The fraction of sp³-hybridized carbons (Fsp3) is 0.0667. The summed E-state index contributed by atoms with van der Waals surface area (Å²) >= 11 is 3.14. The van der Waals surface area contributed by atoms with Gasteiger partial charge in [-0.05, 0) is 52.3 Å². The van der Waals surface area contributed by atoms with Crippen molar-refractivity contribution in [2.24, 2.45) is 5.10 Å². The number of nitrogens with zero attached hydrogens (tertiary/aromatic N) is 1. The molecule has 0 radical (unpaired) electrons. The normalized spacial score (nSPS) is 10.9. The van der Waals surface area contributed by atoms with Crippen LogP contribution in [0.15, 0.2) is 59.7 Å². The van der Waals surface area contributed by atoms with Crippen molar-refractivity contribution in [1.82, 2.24) is 0 Å². The second-order valence-corrected chi connectivity index (χ2v) is 4.81. The average molecular weight is 348 g/mol. The highest BCUT2D eigenvalue weighted by Crippen LogP contribution is 2.15. The fourth-order valence-electron chi connectivity index (χ4n) is 1.53. The largest absolute Gasteiger partial charge is 0.497 e. The second-order valence-electron chi connectivity index (χ2n) is 4.06. The van der Waals surface area contributed by atoms with Gasteiger partial charge in [0.2, 0.25) is 0 Å². The van der Waals surface area contributed by atoms with Gasteiger partial charge >= 0.3 is 0 Å². The van der Waals surface area contributed by atoms with Crippen LogP contribution in [0.25, 0.3) is 0 Å². The van der Waals surface area contributed by atoms with Crippen LogP contribution in [0.1, 0.15) is 0 Å². The van der Waals surface area contributed by atoms with Crippen LogP contribution in [0.3, 0.4) is 0 Å². The Balaban J connectivity index is 1.95. The summed E-state index contributed by atoms with van der Waals surface area (Å²) in [4.78, 5) is 11.9. The Morgan fingerprint density at radius 2 is 1.71 bits per heavy atom. The van der Waals surface area contributed by atoms with Crippen molar-refractivity contribution in [1.29, 1.82) is 0 Å². The number of nitrogens with one attached hydrogen (secondary N) is 2. The van der Waals surface area contributed by atoms with Gasteiger partial charge in [0.1, 0.15) is 5.75 Å². The topological polar surface area (TPSA) is 62.7 Å². The number of halogens is 1. The number of amides is 1. The van der Waals surface area contributed by atoms with Crippen molar-refractivity contribution in [2.75, 3.05) is 17.9 Å². The van der Waals surface area contributed by atoms with E-state index in [1.165, 1.54) is 0 Å². The lowest BCUT2D eigenvalue weighted by molar-refractivity contribution is -0.110. The maximum Gasteiger partial charge on any atom is 0.283 e. The lowest BCUT2D eigenvalue weighted by Gasteiger charge is -2.05. The van der Waals surface area contributed by atoms with Crippen LogP contribution in [-0.2, 0) is 4.79 Å². The summed E-state index contributed by atoms with van der Waals surface area (Å²) in [5, 5.41) is 6.70. The van der Waals surface area contributed by atoms with E-state index < -0.39 is 0 Å². The van der Waals surface area contributed by atoms with Crippen molar-refractivity contribution in [3.05, 3.63) is 54.6 Å². The van der Waals surface area contributed by atoms with Crippen LogP contribution in [0, 0.1) is 0 Å². The number of anilines is 2. The van der Waals surface area contributed by atoms with Crippen molar-refractivity contribution in [3.63, 3.8) is 0 Å². The third-order valence-corrected chi connectivity index (χ3v) is 3.13. The first-order valence-corrected chi connectivity index (χ1v) is 6.98. The van der Waals surface area contributed by atoms with Crippen molar-refractivity contribution in [2.45, 2.75) is 0 Å². The summed E-state index contributed by atoms with van der Waals surface area (Å²) < 4.78 is 5.22. The van der Waals surface area contributed by atoms with Gasteiger partial charge in [0, 0.05) is 5.69 Å². The van der Waals surface area contributed by atoms with Gasteiger partial charge in [-0.3, -0.25) is 10.2 Å². The number of para-hydroxylation sites is 1. The summed E-state index contributed by atoms with van der Waals surface area (Å²) in [5.41, 5.74) is 4.24. The number of hydrogen-bond acceptors (Lipinski definition) is 4. The molecule has 108 valence electrons. The Morgan fingerprint density at radius 1 is 1.05 bits per heavy atom. The van der Waals surface area contributed by atoms with Crippen molar-refractivity contribution < 1.29 is 9.53 Å². The Kier molecular flexibility index (Phi) is 5.34. The molecule has 0 unspecified atom stereocenters. The smallest absolute Gasteiger partial charge is 0.283 e. The van der Waals surface area contributed by atoms with Gasteiger partial charge in [-0.2, -0.15) is 5.10 Å². The lowest BCUT2D eigenvalue weighted by atomic mass is 10.3. The fourth-order valence-corrected chi connectivity index (χ4v) is 1.72. The second kappa shape index (κ2) is 7.44. The Labute approximate surface area is 131 Å². The van der Waals surface area contributed by atoms with Crippen molar-refractivity contribution >= 4 is 37.8 Å². The van der Waals surface area contributed by atoms with Gasteiger partial charge < -0.3 is 10.1 Å². The molecule has 5 nitrogen and oxygen atoms in total. The summed E-state index contributed by atoms with van der Waals surface area (Å²) in [5.74, 6) is 0.424. The molecular formula is C15H14BrN3O2. The maximum atomic E-state index is 11.9. The summed E-state index contributed by atoms with van der Waals surface area (Å²) in [6, 6.07) is 16.4. The van der Waals surface area contributed by atoms with Gasteiger partial charge in [-0.1, -0.05) is 18.2 Å². The molecule has 21 heavy (non-hydrogen) atoms. The van der Waals surface area contributed by atoms with Gasteiger partial charge in [0.05, 0.1) is 12.8 Å². The molecule has 0 saturated heterocycles. The molecule has 0 fully saturated rings. The first-order valence-electron chi connectivity index (χ1n) is 6.18. The molecule has 0 aromatic heterocycles. The summed E-state index contributed by atoms with van der Waals surface area (Å²) in [6.45, 7) is 0. The molecule has 2 aromatic rings. The van der Waals surface area contributed by atoms with E-state index in [2.05, 4.69) is 31.8 Å². The zero-order valence-electron chi connectivity index (χ0n) is 11.3. The highest BCUT2D eigenvalue weighted by molar-refractivity contribution is 9.19. The predicted octanol–water partition coefficient (Wildman–Crippen LogP) is 3.45. The molecule has 0 atom stereocenters. The zero-order chi connectivity index (χ0) is 15.1. The Bertz CT molecular complexity index is 627. The standard InChI is InChI=1S/C15H14BrN3O2/c1-21-13-9-7-12(8-10-13)18-19-14(16)15(20)17-11-5-3-2-4-6-11/h2-10,18H,1H3,(H,17,20). The van der Waals surface area contributed by atoms with E-state index in [1.807, 2.05) is 18.2 Å². The monoisotopic (exact) mass is 347 g/mol. The van der Waals surface area contributed by atoms with Gasteiger partial charge in [-0.25, -0.2) is 0 Å². The predicted molar refractivity (Wildman–Crippen MR) is 88.1 cm³/mol. The van der Waals surface area contributed by atoms with E-state index in [9.17, 15) is 4.79 Å². The van der Waals surface area contributed by atoms with E-state index in [-0.39, 0.29) is 10.5 Å². The Hall–Kier alpha value is -2.34. The molecule has 2 rings (SSSR count). The molecule has 0 heterocycles. The summed E-state index contributed by atoms with van der Waals surface area (Å²) in [6.07, 6.45) is 0. The van der Waals surface area contributed by atoms with Crippen molar-refractivity contribution in [3.8, 4) is 5.75 Å². The molecule has 0 saturated carbocycles. The molecule has 0 bridgehead atoms. The third-order valence-electron chi connectivity index (χ3n) is 2.59.